The second kappa shape index (κ2) is 9.63. The summed E-state index contributed by atoms with van der Waals surface area (Å²) in [7, 11) is -4.79. The number of allylic oxidation sites excluding steroid dienone is 2. The van der Waals surface area contributed by atoms with E-state index in [-0.39, 0.29) is 28.6 Å². The van der Waals surface area contributed by atoms with Crippen LogP contribution >= 0.6 is 0 Å². The molecule has 2 aliphatic carbocycles. The van der Waals surface area contributed by atoms with Gasteiger partial charge in [0.25, 0.3) is 0 Å². The van der Waals surface area contributed by atoms with Crippen molar-refractivity contribution in [3.63, 3.8) is 0 Å². The fourth-order valence-electron chi connectivity index (χ4n) is 7.35. The normalized spacial score (nSPS) is 30.8. The van der Waals surface area contributed by atoms with Crippen LogP contribution in [0.5, 0.6) is 0 Å². The van der Waals surface area contributed by atoms with Crippen molar-refractivity contribution in [2.24, 2.45) is 34.5 Å². The van der Waals surface area contributed by atoms with Gasteiger partial charge in [-0.25, -0.2) is 8.42 Å². The fourth-order valence-corrected chi connectivity index (χ4v) is 7.98. The van der Waals surface area contributed by atoms with Crippen LogP contribution in [0.4, 0.5) is 0 Å². The lowest BCUT2D eigenvalue weighted by Crippen LogP contribution is -2.52. The molecular formula is C26H41O5S-. The second-order valence-electron chi connectivity index (χ2n) is 11.4. The van der Waals surface area contributed by atoms with Crippen molar-refractivity contribution in [2.75, 3.05) is 0 Å². The van der Waals surface area contributed by atoms with Gasteiger partial charge in [-0.1, -0.05) is 52.7 Å². The highest BCUT2D eigenvalue weighted by molar-refractivity contribution is 7.80. The molecule has 6 heteroatoms. The molecule has 32 heavy (non-hydrogen) atoms. The van der Waals surface area contributed by atoms with E-state index in [1.165, 1.54) is 18.4 Å². The van der Waals surface area contributed by atoms with E-state index in [9.17, 15) is 13.0 Å². The van der Waals surface area contributed by atoms with Gasteiger partial charge in [0.05, 0.1) is 18.6 Å². The van der Waals surface area contributed by atoms with Crippen LogP contribution in [0.15, 0.2) is 34.7 Å². The van der Waals surface area contributed by atoms with Crippen molar-refractivity contribution >= 4 is 10.4 Å². The quantitative estimate of drug-likeness (QED) is 0.236. The molecule has 3 rings (SSSR count). The third-order valence-corrected chi connectivity index (χ3v) is 9.15. The van der Waals surface area contributed by atoms with Crippen molar-refractivity contribution in [3.05, 3.63) is 35.8 Å². The monoisotopic (exact) mass is 465 g/mol. The van der Waals surface area contributed by atoms with Crippen LogP contribution < -0.4 is 0 Å². The van der Waals surface area contributed by atoms with Crippen molar-refractivity contribution in [3.8, 4) is 0 Å². The van der Waals surface area contributed by atoms with E-state index in [0.29, 0.717) is 5.92 Å². The summed E-state index contributed by atoms with van der Waals surface area (Å²) in [5, 5.41) is 0. The number of hydrogen-bond donors (Lipinski definition) is 0. The number of rotatable bonds is 9. The molecule has 1 heterocycles. The largest absolute Gasteiger partial charge is 0.726 e. The van der Waals surface area contributed by atoms with Gasteiger partial charge in [-0.05, 0) is 91.6 Å². The predicted molar refractivity (Wildman–Crippen MR) is 126 cm³/mol. The van der Waals surface area contributed by atoms with Crippen molar-refractivity contribution in [1.82, 2.24) is 0 Å². The summed E-state index contributed by atoms with van der Waals surface area (Å²) in [5.41, 5.74) is 2.77. The van der Waals surface area contributed by atoms with Crippen LogP contribution in [0, 0.1) is 34.5 Å². The summed E-state index contributed by atoms with van der Waals surface area (Å²) in [6.45, 7) is 13.4. The zero-order chi connectivity index (χ0) is 23.7. The first-order valence-corrected chi connectivity index (χ1v) is 13.5. The van der Waals surface area contributed by atoms with Crippen LogP contribution in [0.2, 0.25) is 0 Å². The summed E-state index contributed by atoms with van der Waals surface area (Å²) >= 11 is 0. The number of furan rings is 1. The Hall–Kier alpha value is -1.11. The molecule has 0 bridgehead atoms. The topological polar surface area (TPSA) is 79.6 Å². The first-order chi connectivity index (χ1) is 14.8. The molecule has 1 aromatic heterocycles. The van der Waals surface area contributed by atoms with Crippen LogP contribution in [-0.2, 0) is 21.0 Å². The minimum absolute atomic E-state index is 0.0472. The van der Waals surface area contributed by atoms with Crippen LogP contribution in [0.25, 0.3) is 0 Å². The van der Waals surface area contributed by atoms with E-state index < -0.39 is 16.5 Å². The van der Waals surface area contributed by atoms with E-state index in [0.717, 1.165) is 37.7 Å². The van der Waals surface area contributed by atoms with Crippen molar-refractivity contribution in [1.29, 1.82) is 0 Å². The fraction of sp³-hybridized carbons (Fsp3) is 0.769. The molecule has 0 saturated heterocycles. The predicted octanol–water partition coefficient (Wildman–Crippen LogP) is 6.52. The van der Waals surface area contributed by atoms with Gasteiger partial charge in [0, 0.05) is 0 Å². The van der Waals surface area contributed by atoms with E-state index >= 15 is 0 Å². The average molecular weight is 466 g/mol. The van der Waals surface area contributed by atoms with Crippen LogP contribution in [-0.4, -0.2) is 19.1 Å². The van der Waals surface area contributed by atoms with Gasteiger partial charge in [-0.15, -0.1) is 0 Å². The highest BCUT2D eigenvalue weighted by Gasteiger charge is 2.54. The summed E-state index contributed by atoms with van der Waals surface area (Å²) in [5.74, 6) is 0.624. The third kappa shape index (κ3) is 5.51. The number of aryl methyl sites for hydroxylation is 1. The molecule has 0 radical (unpaired) electrons. The van der Waals surface area contributed by atoms with Gasteiger partial charge in [0.2, 0.25) is 10.4 Å². The molecule has 1 aromatic rings. The van der Waals surface area contributed by atoms with E-state index in [2.05, 4.69) is 40.7 Å². The maximum Gasteiger partial charge on any atom is 0.217 e. The van der Waals surface area contributed by atoms with Gasteiger partial charge in [0.1, 0.15) is 0 Å². The third-order valence-electron chi connectivity index (χ3n) is 8.69. The highest BCUT2D eigenvalue weighted by Crippen LogP contribution is 2.61. The molecule has 0 amide bonds. The Bertz CT molecular complexity index is 885. The number of fused-ring (bicyclic) bond motifs is 1. The molecule has 0 aliphatic heterocycles. The lowest BCUT2D eigenvalue weighted by Gasteiger charge is -2.59. The Morgan fingerprint density at radius 1 is 1.25 bits per heavy atom. The molecular weight excluding hydrogens is 424 g/mol. The van der Waals surface area contributed by atoms with E-state index in [1.807, 2.05) is 13.0 Å². The molecule has 0 aromatic carbocycles. The zero-order valence-corrected chi connectivity index (χ0v) is 21.4. The van der Waals surface area contributed by atoms with Gasteiger partial charge < -0.3 is 8.97 Å². The van der Waals surface area contributed by atoms with Crippen molar-refractivity contribution in [2.45, 2.75) is 92.6 Å². The minimum atomic E-state index is -4.79. The summed E-state index contributed by atoms with van der Waals surface area (Å²) in [6.07, 6.45) is 12.3. The summed E-state index contributed by atoms with van der Waals surface area (Å²) < 4.78 is 45.6. The van der Waals surface area contributed by atoms with Gasteiger partial charge >= 0.3 is 0 Å². The van der Waals surface area contributed by atoms with Crippen molar-refractivity contribution < 1.29 is 21.6 Å². The molecule has 2 aliphatic rings. The van der Waals surface area contributed by atoms with E-state index in [4.69, 9.17) is 8.60 Å². The smallest absolute Gasteiger partial charge is 0.217 e. The Balaban J connectivity index is 1.84. The zero-order valence-electron chi connectivity index (χ0n) is 20.6. The standard InChI is InChI=1S/C26H42O5S/c1-18-11-12-22-25(4,5)14-8-15-26(22,6)23(18)20(3)24(31-32(27,28)29)19(2)9-7-10-21-13-16-30-17-21/h11,13,16-17,19-20,22-24H,7-10,12,14-15H2,1-6H3,(H,27,28,29)/p-1/t19-,20?,22+,23-,24-,26+/m1/s1. The molecule has 1 unspecified atom stereocenters. The number of hydrogen-bond acceptors (Lipinski definition) is 5. The molecule has 1 saturated carbocycles. The SMILES string of the molecule is CC1=CC[C@H]2C(C)(C)CCC[C@]2(C)[C@H]1C(C)[C@H](OS(=O)(=O)[O-])[C@H](C)CCCc1ccoc1. The Morgan fingerprint density at radius 3 is 2.59 bits per heavy atom. The minimum Gasteiger partial charge on any atom is -0.726 e. The van der Waals surface area contributed by atoms with Crippen LogP contribution in [0.1, 0.15) is 85.6 Å². The maximum absolute atomic E-state index is 11.7. The van der Waals surface area contributed by atoms with Gasteiger partial charge in [-0.2, -0.15) is 0 Å². The Kier molecular flexibility index (Phi) is 7.68. The molecule has 1 fully saturated rings. The lowest BCUT2D eigenvalue weighted by atomic mass is 9.46. The Morgan fingerprint density at radius 2 is 1.97 bits per heavy atom. The van der Waals surface area contributed by atoms with Gasteiger partial charge in [0.15, 0.2) is 0 Å². The Labute approximate surface area is 195 Å². The molecule has 6 atom stereocenters. The summed E-state index contributed by atoms with van der Waals surface area (Å²) in [6, 6.07) is 1.95. The molecule has 0 N–H and O–H groups in total. The van der Waals surface area contributed by atoms with Gasteiger partial charge in [-0.3, -0.25) is 4.18 Å². The molecule has 0 spiro atoms. The summed E-state index contributed by atoms with van der Waals surface area (Å²) in [4.78, 5) is 0. The average Bonchev–Trinajstić information content (AvgIpc) is 3.17. The first kappa shape index (κ1) is 25.5. The maximum atomic E-state index is 11.7. The first-order valence-electron chi connectivity index (χ1n) is 12.2. The highest BCUT2D eigenvalue weighted by atomic mass is 32.3. The second-order valence-corrected chi connectivity index (χ2v) is 12.4. The molecule has 5 nitrogen and oxygen atoms in total. The van der Waals surface area contributed by atoms with Crippen LogP contribution in [0.3, 0.4) is 0 Å². The molecule has 182 valence electrons. The lowest BCUT2D eigenvalue weighted by molar-refractivity contribution is -0.0741. The van der Waals surface area contributed by atoms with E-state index in [1.54, 1.807) is 12.5 Å².